The molecule has 1 unspecified atom stereocenters. The average Bonchev–Trinajstić information content (AvgIpc) is 3.25. The van der Waals surface area contributed by atoms with Crippen molar-refractivity contribution in [2.45, 2.75) is 44.9 Å². The monoisotopic (exact) mass is 293 g/mol. The standard InChI is InChI=1S/C15H23N3O3/c1-2-20-10-14(19)18-7-3-4-11(9-18)8-13-16-15(17-21-13)12-5-6-12/h11-12H,2-10H2,1H3. The molecule has 1 atom stereocenters. The number of aromatic nitrogens is 2. The molecular weight excluding hydrogens is 270 g/mol. The van der Waals surface area contributed by atoms with E-state index in [1.807, 2.05) is 11.8 Å². The number of carbonyl (C=O) groups is 1. The van der Waals surface area contributed by atoms with E-state index in [1.54, 1.807) is 0 Å². The molecule has 1 aromatic rings. The first-order valence-corrected chi connectivity index (χ1v) is 7.94. The van der Waals surface area contributed by atoms with E-state index in [-0.39, 0.29) is 12.5 Å². The number of ether oxygens (including phenoxy) is 1. The lowest BCUT2D eigenvalue weighted by atomic mass is 9.95. The van der Waals surface area contributed by atoms with Crippen LogP contribution in [0, 0.1) is 5.92 Å². The predicted octanol–water partition coefficient (Wildman–Crippen LogP) is 1.76. The van der Waals surface area contributed by atoms with Gasteiger partial charge in [0.25, 0.3) is 0 Å². The second kappa shape index (κ2) is 6.56. The van der Waals surface area contributed by atoms with Gasteiger partial charge in [0.15, 0.2) is 5.82 Å². The van der Waals surface area contributed by atoms with Crippen LogP contribution in [0.5, 0.6) is 0 Å². The first-order chi connectivity index (χ1) is 10.3. The predicted molar refractivity (Wildman–Crippen MR) is 75.8 cm³/mol. The minimum absolute atomic E-state index is 0.0887. The maximum Gasteiger partial charge on any atom is 0.248 e. The van der Waals surface area contributed by atoms with Crippen molar-refractivity contribution in [2.24, 2.45) is 5.92 Å². The molecule has 0 radical (unpaired) electrons. The molecule has 2 fully saturated rings. The first-order valence-electron chi connectivity index (χ1n) is 7.94. The van der Waals surface area contributed by atoms with Crippen LogP contribution in [0.3, 0.4) is 0 Å². The zero-order chi connectivity index (χ0) is 14.7. The van der Waals surface area contributed by atoms with E-state index in [9.17, 15) is 4.79 Å². The zero-order valence-corrected chi connectivity index (χ0v) is 12.6. The van der Waals surface area contributed by atoms with Gasteiger partial charge in [0, 0.05) is 32.0 Å². The van der Waals surface area contributed by atoms with E-state index in [2.05, 4.69) is 10.1 Å². The smallest absolute Gasteiger partial charge is 0.248 e. The molecule has 1 aliphatic carbocycles. The zero-order valence-electron chi connectivity index (χ0n) is 12.6. The van der Waals surface area contributed by atoms with Crippen molar-refractivity contribution in [1.29, 1.82) is 0 Å². The quantitative estimate of drug-likeness (QED) is 0.799. The highest BCUT2D eigenvalue weighted by atomic mass is 16.5. The number of hydrogen-bond donors (Lipinski definition) is 0. The van der Waals surface area contributed by atoms with Crippen molar-refractivity contribution in [3.05, 3.63) is 11.7 Å². The summed E-state index contributed by atoms with van der Waals surface area (Å²) < 4.78 is 10.5. The third-order valence-electron chi connectivity index (χ3n) is 4.19. The van der Waals surface area contributed by atoms with Crippen molar-refractivity contribution in [3.63, 3.8) is 0 Å². The molecule has 0 aromatic carbocycles. The van der Waals surface area contributed by atoms with Gasteiger partial charge in [-0.3, -0.25) is 4.79 Å². The molecule has 2 heterocycles. The molecule has 1 saturated carbocycles. The Labute approximate surface area is 124 Å². The molecule has 2 aliphatic rings. The third-order valence-corrected chi connectivity index (χ3v) is 4.19. The molecule has 6 heteroatoms. The summed E-state index contributed by atoms with van der Waals surface area (Å²) in [5.74, 6) is 2.62. The molecule has 0 N–H and O–H groups in total. The summed E-state index contributed by atoms with van der Waals surface area (Å²) in [5.41, 5.74) is 0. The second-order valence-electron chi connectivity index (χ2n) is 6.01. The van der Waals surface area contributed by atoms with Gasteiger partial charge in [-0.15, -0.1) is 0 Å². The minimum Gasteiger partial charge on any atom is -0.372 e. The Kier molecular flexibility index (Phi) is 4.53. The van der Waals surface area contributed by atoms with Crippen molar-refractivity contribution in [2.75, 3.05) is 26.3 Å². The van der Waals surface area contributed by atoms with Crippen LogP contribution >= 0.6 is 0 Å². The first kappa shape index (κ1) is 14.5. The van der Waals surface area contributed by atoms with Gasteiger partial charge in [0.05, 0.1) is 0 Å². The fourth-order valence-corrected chi connectivity index (χ4v) is 2.84. The lowest BCUT2D eigenvalue weighted by molar-refractivity contribution is -0.137. The Bertz CT molecular complexity index is 484. The van der Waals surface area contributed by atoms with Crippen LogP contribution in [0.4, 0.5) is 0 Å². The maximum atomic E-state index is 12.0. The lowest BCUT2D eigenvalue weighted by Gasteiger charge is -2.32. The van der Waals surface area contributed by atoms with Crippen LogP contribution in [-0.4, -0.2) is 47.3 Å². The fourth-order valence-electron chi connectivity index (χ4n) is 2.84. The van der Waals surface area contributed by atoms with E-state index in [0.29, 0.717) is 18.4 Å². The summed E-state index contributed by atoms with van der Waals surface area (Å²) in [5, 5.41) is 4.05. The Hall–Kier alpha value is -1.43. The van der Waals surface area contributed by atoms with Gasteiger partial charge >= 0.3 is 0 Å². The Morgan fingerprint density at radius 1 is 1.43 bits per heavy atom. The van der Waals surface area contributed by atoms with Crippen molar-refractivity contribution in [1.82, 2.24) is 15.0 Å². The largest absolute Gasteiger partial charge is 0.372 e. The number of nitrogens with zero attached hydrogens (tertiary/aromatic N) is 3. The lowest BCUT2D eigenvalue weighted by Crippen LogP contribution is -2.42. The molecule has 1 amide bonds. The van der Waals surface area contributed by atoms with Crippen LogP contribution in [0.15, 0.2) is 4.52 Å². The van der Waals surface area contributed by atoms with Gasteiger partial charge in [-0.2, -0.15) is 4.98 Å². The number of likely N-dealkylation sites (tertiary alicyclic amines) is 1. The van der Waals surface area contributed by atoms with Crippen molar-refractivity contribution < 1.29 is 14.1 Å². The number of amides is 1. The molecule has 1 aromatic heterocycles. The molecule has 0 spiro atoms. The Morgan fingerprint density at radius 3 is 3.05 bits per heavy atom. The van der Waals surface area contributed by atoms with Crippen LogP contribution in [0.2, 0.25) is 0 Å². The van der Waals surface area contributed by atoms with Gasteiger partial charge < -0.3 is 14.2 Å². The molecule has 0 bridgehead atoms. The Morgan fingerprint density at radius 2 is 2.29 bits per heavy atom. The second-order valence-corrected chi connectivity index (χ2v) is 6.01. The summed E-state index contributed by atoms with van der Waals surface area (Å²) in [6.07, 6.45) is 5.29. The average molecular weight is 293 g/mol. The van der Waals surface area contributed by atoms with Crippen molar-refractivity contribution >= 4 is 5.91 Å². The van der Waals surface area contributed by atoms with E-state index < -0.39 is 0 Å². The number of hydrogen-bond acceptors (Lipinski definition) is 5. The Balaban J connectivity index is 1.51. The van der Waals surface area contributed by atoms with E-state index in [0.717, 1.165) is 44.1 Å². The third kappa shape index (κ3) is 3.81. The van der Waals surface area contributed by atoms with E-state index in [1.165, 1.54) is 12.8 Å². The SMILES string of the molecule is CCOCC(=O)N1CCCC(Cc2nc(C3CC3)no2)C1. The van der Waals surface area contributed by atoms with Gasteiger partial charge in [-0.25, -0.2) is 0 Å². The molecule has 6 nitrogen and oxygen atoms in total. The van der Waals surface area contributed by atoms with Gasteiger partial charge in [-0.1, -0.05) is 5.16 Å². The molecule has 21 heavy (non-hydrogen) atoms. The van der Waals surface area contributed by atoms with Crippen LogP contribution in [0.25, 0.3) is 0 Å². The fraction of sp³-hybridized carbons (Fsp3) is 0.800. The topological polar surface area (TPSA) is 68.5 Å². The number of piperidine rings is 1. The summed E-state index contributed by atoms with van der Waals surface area (Å²) in [4.78, 5) is 18.4. The molecular formula is C15H23N3O3. The van der Waals surface area contributed by atoms with Gasteiger partial charge in [0.2, 0.25) is 11.8 Å². The normalized spacial score (nSPS) is 22.5. The highest BCUT2D eigenvalue weighted by Gasteiger charge is 2.30. The van der Waals surface area contributed by atoms with Crippen LogP contribution in [-0.2, 0) is 16.0 Å². The molecule has 3 rings (SSSR count). The maximum absolute atomic E-state index is 12.0. The van der Waals surface area contributed by atoms with E-state index in [4.69, 9.17) is 9.26 Å². The minimum atomic E-state index is 0.0887. The molecule has 116 valence electrons. The van der Waals surface area contributed by atoms with Gasteiger partial charge in [-0.05, 0) is 38.5 Å². The highest BCUT2D eigenvalue weighted by Crippen LogP contribution is 2.38. The number of carbonyl (C=O) groups excluding carboxylic acids is 1. The van der Waals surface area contributed by atoms with E-state index >= 15 is 0 Å². The van der Waals surface area contributed by atoms with Crippen LogP contribution in [0.1, 0.15) is 50.2 Å². The summed E-state index contributed by atoms with van der Waals surface area (Å²) >= 11 is 0. The molecule has 1 saturated heterocycles. The number of rotatable bonds is 6. The summed E-state index contributed by atoms with van der Waals surface area (Å²) in [7, 11) is 0. The van der Waals surface area contributed by atoms with Crippen molar-refractivity contribution in [3.8, 4) is 0 Å². The highest BCUT2D eigenvalue weighted by molar-refractivity contribution is 5.77. The van der Waals surface area contributed by atoms with Crippen LogP contribution < -0.4 is 0 Å². The van der Waals surface area contributed by atoms with Gasteiger partial charge in [0.1, 0.15) is 6.61 Å². The summed E-state index contributed by atoms with van der Waals surface area (Å²) in [6.45, 7) is 4.27. The molecule has 1 aliphatic heterocycles. The summed E-state index contributed by atoms with van der Waals surface area (Å²) in [6, 6.07) is 0.